The predicted molar refractivity (Wildman–Crippen MR) is 85.1 cm³/mol. The lowest BCUT2D eigenvalue weighted by Gasteiger charge is -2.17. The van der Waals surface area contributed by atoms with Gasteiger partial charge in [-0.2, -0.15) is 0 Å². The number of hydrogen-bond donors (Lipinski definition) is 1. The number of anilines is 1. The van der Waals surface area contributed by atoms with Crippen molar-refractivity contribution in [3.63, 3.8) is 0 Å². The van der Waals surface area contributed by atoms with E-state index in [0.717, 1.165) is 21.7 Å². The first-order chi connectivity index (χ1) is 9.41. The molecule has 0 radical (unpaired) electrons. The number of rotatable bonds is 2. The largest absolute Gasteiger partial charge is 0.325 e. The van der Waals surface area contributed by atoms with Gasteiger partial charge < -0.3 is 5.32 Å². The third kappa shape index (κ3) is 2.05. The van der Waals surface area contributed by atoms with Crippen LogP contribution in [0.5, 0.6) is 0 Å². The van der Waals surface area contributed by atoms with Gasteiger partial charge in [-0.25, -0.2) is 0 Å². The molecule has 1 amide bonds. The molecule has 0 saturated heterocycles. The van der Waals surface area contributed by atoms with E-state index in [-0.39, 0.29) is 11.3 Å². The lowest BCUT2D eigenvalue weighted by molar-refractivity contribution is -0.119. The Bertz CT molecular complexity index is 693. The molecule has 2 aromatic rings. The number of benzene rings is 1. The van der Waals surface area contributed by atoms with Crippen molar-refractivity contribution in [1.29, 1.82) is 0 Å². The van der Waals surface area contributed by atoms with Gasteiger partial charge >= 0.3 is 0 Å². The van der Waals surface area contributed by atoms with Crippen LogP contribution in [0, 0.1) is 0 Å². The molecular formula is C15H13Cl2NOS. The van der Waals surface area contributed by atoms with Crippen molar-refractivity contribution < 1.29 is 4.79 Å². The molecule has 0 bridgehead atoms. The van der Waals surface area contributed by atoms with Crippen LogP contribution < -0.4 is 5.32 Å². The van der Waals surface area contributed by atoms with E-state index in [1.165, 1.54) is 11.3 Å². The molecule has 3 rings (SSSR count). The fourth-order valence-electron chi connectivity index (χ4n) is 2.38. The zero-order valence-electron chi connectivity index (χ0n) is 11.0. The molecule has 0 aliphatic carbocycles. The maximum Gasteiger partial charge on any atom is 0.234 e. The zero-order valence-corrected chi connectivity index (χ0v) is 13.4. The maximum atomic E-state index is 12.0. The van der Waals surface area contributed by atoms with Gasteiger partial charge in [0, 0.05) is 10.6 Å². The minimum absolute atomic E-state index is 0.0185. The van der Waals surface area contributed by atoms with Gasteiger partial charge in [0.1, 0.15) is 0 Å². The average molecular weight is 326 g/mol. The first kappa shape index (κ1) is 13.9. The molecule has 0 fully saturated rings. The molecule has 1 N–H and O–H groups in total. The predicted octanol–water partition coefficient (Wildman–Crippen LogP) is 4.96. The molecule has 1 aliphatic rings. The lowest BCUT2D eigenvalue weighted by atomic mass is 9.85. The smallest absolute Gasteiger partial charge is 0.234 e. The highest BCUT2D eigenvalue weighted by Gasteiger charge is 2.38. The van der Waals surface area contributed by atoms with Crippen LogP contribution in [-0.4, -0.2) is 5.91 Å². The summed E-state index contributed by atoms with van der Waals surface area (Å²) in [5, 5.41) is 5.21. The Morgan fingerprint density at radius 1 is 1.30 bits per heavy atom. The number of alkyl halides is 1. The highest BCUT2D eigenvalue weighted by molar-refractivity contribution is 7.11. The van der Waals surface area contributed by atoms with Gasteiger partial charge in [0.25, 0.3) is 0 Å². The molecule has 104 valence electrons. The van der Waals surface area contributed by atoms with Gasteiger partial charge in [-0.3, -0.25) is 4.79 Å². The summed E-state index contributed by atoms with van der Waals surface area (Å²) in [5.41, 5.74) is 2.28. The molecule has 2 nitrogen and oxygen atoms in total. The van der Waals surface area contributed by atoms with Crippen molar-refractivity contribution >= 4 is 46.1 Å². The van der Waals surface area contributed by atoms with Crippen LogP contribution >= 0.6 is 34.5 Å². The van der Waals surface area contributed by atoms with Crippen LogP contribution in [0.2, 0.25) is 5.02 Å². The molecular weight excluding hydrogens is 313 g/mol. The number of amides is 1. The Kier molecular flexibility index (Phi) is 3.32. The van der Waals surface area contributed by atoms with E-state index < -0.39 is 5.41 Å². The first-order valence-corrected chi connectivity index (χ1v) is 7.93. The summed E-state index contributed by atoms with van der Waals surface area (Å²) in [6, 6.07) is 7.70. The summed E-state index contributed by atoms with van der Waals surface area (Å²) in [7, 11) is 0. The third-order valence-corrected chi connectivity index (χ3v) is 5.72. The Balaban J connectivity index is 2.04. The first-order valence-electron chi connectivity index (χ1n) is 6.24. The number of nitrogens with one attached hydrogen (secondary N) is 1. The summed E-state index contributed by atoms with van der Waals surface area (Å²) in [4.78, 5) is 12.9. The van der Waals surface area contributed by atoms with E-state index in [1.807, 2.05) is 43.5 Å². The summed E-state index contributed by atoms with van der Waals surface area (Å²) < 4.78 is 0. The molecule has 5 heteroatoms. The number of hydrogen-bond acceptors (Lipinski definition) is 2. The second-order valence-electron chi connectivity index (χ2n) is 5.38. The number of halogens is 2. The Morgan fingerprint density at radius 3 is 2.70 bits per heavy atom. The normalized spacial score (nSPS) is 17.7. The standard InChI is InChI=1S/C15H13Cl2NOS/c1-15(2)9-7-8(3-4-11(9)18-14(15)19)12(17)13-10(16)5-6-20-13/h3-7,12H,1-2H3,(H,18,19). The molecule has 1 unspecified atom stereocenters. The van der Waals surface area contributed by atoms with E-state index in [2.05, 4.69) is 5.32 Å². The summed E-state index contributed by atoms with van der Waals surface area (Å²) in [6.45, 7) is 3.83. The number of thiophene rings is 1. The van der Waals surface area contributed by atoms with Crippen molar-refractivity contribution in [2.45, 2.75) is 24.6 Å². The molecule has 1 atom stereocenters. The number of carbonyl (C=O) groups excluding carboxylic acids is 1. The van der Waals surface area contributed by atoms with Gasteiger partial charge in [-0.1, -0.05) is 23.7 Å². The van der Waals surface area contributed by atoms with Crippen molar-refractivity contribution in [3.05, 3.63) is 50.7 Å². The summed E-state index contributed by atoms with van der Waals surface area (Å²) >= 11 is 14.2. The Morgan fingerprint density at radius 2 is 2.05 bits per heavy atom. The minimum atomic E-state index is -0.527. The van der Waals surface area contributed by atoms with Crippen molar-refractivity contribution in [2.24, 2.45) is 0 Å². The van der Waals surface area contributed by atoms with E-state index in [4.69, 9.17) is 23.2 Å². The van der Waals surface area contributed by atoms with Crippen LogP contribution in [0.15, 0.2) is 29.6 Å². The molecule has 1 aromatic carbocycles. The third-order valence-electron chi connectivity index (χ3n) is 3.70. The van der Waals surface area contributed by atoms with Crippen LogP contribution in [0.1, 0.15) is 35.2 Å². The van der Waals surface area contributed by atoms with Gasteiger partial charge in [0.2, 0.25) is 5.91 Å². The lowest BCUT2D eigenvalue weighted by Crippen LogP contribution is -2.26. The van der Waals surface area contributed by atoms with Gasteiger partial charge in [0.15, 0.2) is 0 Å². The van der Waals surface area contributed by atoms with Gasteiger partial charge in [-0.05, 0) is 42.5 Å². The van der Waals surface area contributed by atoms with Crippen LogP contribution in [-0.2, 0) is 10.2 Å². The Hall–Kier alpha value is -1.03. The quantitative estimate of drug-likeness (QED) is 0.777. The average Bonchev–Trinajstić information content (AvgIpc) is 2.92. The molecule has 0 saturated carbocycles. The maximum absolute atomic E-state index is 12.0. The van der Waals surface area contributed by atoms with Crippen LogP contribution in [0.3, 0.4) is 0 Å². The van der Waals surface area contributed by atoms with Crippen molar-refractivity contribution in [2.75, 3.05) is 5.32 Å². The minimum Gasteiger partial charge on any atom is -0.325 e. The fraction of sp³-hybridized carbons (Fsp3) is 0.267. The number of fused-ring (bicyclic) bond motifs is 1. The van der Waals surface area contributed by atoms with E-state index in [0.29, 0.717) is 5.02 Å². The van der Waals surface area contributed by atoms with E-state index in [1.54, 1.807) is 0 Å². The number of carbonyl (C=O) groups is 1. The monoisotopic (exact) mass is 325 g/mol. The van der Waals surface area contributed by atoms with E-state index >= 15 is 0 Å². The van der Waals surface area contributed by atoms with Crippen LogP contribution in [0.4, 0.5) is 5.69 Å². The zero-order chi connectivity index (χ0) is 14.5. The van der Waals surface area contributed by atoms with Gasteiger partial charge in [0.05, 0.1) is 15.8 Å². The van der Waals surface area contributed by atoms with Crippen LogP contribution in [0.25, 0.3) is 0 Å². The van der Waals surface area contributed by atoms with Crippen molar-refractivity contribution in [1.82, 2.24) is 0 Å². The highest BCUT2D eigenvalue weighted by atomic mass is 35.5. The van der Waals surface area contributed by atoms with Crippen molar-refractivity contribution in [3.8, 4) is 0 Å². The van der Waals surface area contributed by atoms with Gasteiger partial charge in [-0.15, -0.1) is 22.9 Å². The second kappa shape index (κ2) is 4.76. The molecule has 20 heavy (non-hydrogen) atoms. The summed E-state index contributed by atoms with van der Waals surface area (Å²) in [5.74, 6) is 0.0185. The summed E-state index contributed by atoms with van der Waals surface area (Å²) in [6.07, 6.45) is 0. The molecule has 2 heterocycles. The molecule has 1 aromatic heterocycles. The SMILES string of the molecule is CC1(C)C(=O)Nc2ccc(C(Cl)c3sccc3Cl)cc21. The Labute approximate surface area is 131 Å². The highest BCUT2D eigenvalue weighted by Crippen LogP contribution is 2.42. The van der Waals surface area contributed by atoms with E-state index in [9.17, 15) is 4.79 Å². The second-order valence-corrected chi connectivity index (χ2v) is 7.17. The fourth-order valence-corrected chi connectivity index (χ4v) is 4.01. The molecule has 1 aliphatic heterocycles. The molecule has 0 spiro atoms. The topological polar surface area (TPSA) is 29.1 Å².